The van der Waals surface area contributed by atoms with Crippen LogP contribution in [0.1, 0.15) is 5.56 Å². The Balaban J connectivity index is 0.000000791. The van der Waals surface area contributed by atoms with Crippen LogP contribution in [0.25, 0.3) is 0 Å². The molecule has 1 aromatic carbocycles. The van der Waals surface area contributed by atoms with Gasteiger partial charge >= 0.3 is 6.03 Å². The van der Waals surface area contributed by atoms with Crippen molar-refractivity contribution in [1.82, 2.24) is 5.32 Å². The molecule has 0 atom stereocenters. The van der Waals surface area contributed by atoms with Crippen LogP contribution in [-0.2, 0) is 6.54 Å². The quantitative estimate of drug-likeness (QED) is 0.645. The highest BCUT2D eigenvalue weighted by atomic mass is 32.1. The van der Waals surface area contributed by atoms with E-state index in [1.165, 1.54) is 6.07 Å². The summed E-state index contributed by atoms with van der Waals surface area (Å²) in [4.78, 5) is 10.3. The van der Waals surface area contributed by atoms with Crippen LogP contribution >= 0.6 is 12.6 Å². The molecule has 0 heterocycles. The van der Waals surface area contributed by atoms with Gasteiger partial charge in [-0.05, 0) is 12.3 Å². The molecule has 3 nitrogen and oxygen atoms in total. The average Bonchev–Trinajstić information content (AvgIpc) is 2.19. The zero-order valence-corrected chi connectivity index (χ0v) is 8.72. The van der Waals surface area contributed by atoms with Crippen LogP contribution in [0.15, 0.2) is 24.3 Å². The molecular weight excluding hydrogens is 203 g/mol. The van der Waals surface area contributed by atoms with E-state index in [9.17, 15) is 9.18 Å². The minimum Gasteiger partial charge on any atom is -0.352 e. The van der Waals surface area contributed by atoms with Crippen molar-refractivity contribution in [2.75, 3.05) is 6.26 Å². The number of benzene rings is 1. The van der Waals surface area contributed by atoms with Gasteiger partial charge in [0.15, 0.2) is 0 Å². The summed E-state index contributed by atoms with van der Waals surface area (Å²) in [5.41, 5.74) is 5.24. The standard InChI is InChI=1S/C8H9FN2O.CH4S/c9-7-4-2-1-3-6(7)5-11-8(10)12;1-2/h1-4H,5H2,(H3,10,11,12);2H,1H3. The van der Waals surface area contributed by atoms with Crippen molar-refractivity contribution in [3.63, 3.8) is 0 Å². The highest BCUT2D eigenvalue weighted by Gasteiger charge is 1.99. The van der Waals surface area contributed by atoms with Gasteiger partial charge in [0.1, 0.15) is 5.82 Å². The second-order valence-corrected chi connectivity index (χ2v) is 2.31. The topological polar surface area (TPSA) is 55.1 Å². The predicted molar refractivity (Wildman–Crippen MR) is 57.7 cm³/mol. The summed E-state index contributed by atoms with van der Waals surface area (Å²) in [5, 5.41) is 2.30. The first-order valence-corrected chi connectivity index (χ1v) is 4.81. The second-order valence-electron chi connectivity index (χ2n) is 2.31. The van der Waals surface area contributed by atoms with Gasteiger partial charge in [0.05, 0.1) is 0 Å². The van der Waals surface area contributed by atoms with Crippen molar-refractivity contribution >= 4 is 18.7 Å². The maximum absolute atomic E-state index is 12.8. The molecule has 78 valence electrons. The Morgan fingerprint density at radius 2 is 2.07 bits per heavy atom. The lowest BCUT2D eigenvalue weighted by atomic mass is 10.2. The number of carbonyl (C=O) groups is 1. The number of nitrogens with two attached hydrogens (primary N) is 1. The van der Waals surface area contributed by atoms with Gasteiger partial charge in [0.2, 0.25) is 0 Å². The number of thiol groups is 1. The smallest absolute Gasteiger partial charge is 0.312 e. The van der Waals surface area contributed by atoms with Gasteiger partial charge in [0, 0.05) is 12.1 Å². The SMILES string of the molecule is CS.NC(=O)NCc1ccccc1F. The molecule has 14 heavy (non-hydrogen) atoms. The lowest BCUT2D eigenvalue weighted by molar-refractivity contribution is 0.248. The van der Waals surface area contributed by atoms with Crippen molar-refractivity contribution < 1.29 is 9.18 Å². The van der Waals surface area contributed by atoms with E-state index in [2.05, 4.69) is 17.9 Å². The van der Waals surface area contributed by atoms with Gasteiger partial charge in [-0.2, -0.15) is 12.6 Å². The Morgan fingerprint density at radius 1 is 1.50 bits per heavy atom. The highest BCUT2D eigenvalue weighted by molar-refractivity contribution is 7.79. The minimum absolute atomic E-state index is 0.127. The molecule has 0 saturated carbocycles. The van der Waals surface area contributed by atoms with E-state index in [0.717, 1.165) is 0 Å². The molecule has 5 heteroatoms. The molecular formula is C9H13FN2OS. The zero-order chi connectivity index (χ0) is 11.0. The van der Waals surface area contributed by atoms with Crippen molar-refractivity contribution in [2.24, 2.45) is 5.73 Å². The van der Waals surface area contributed by atoms with Crippen LogP contribution in [-0.4, -0.2) is 12.3 Å². The van der Waals surface area contributed by atoms with Gasteiger partial charge in [-0.15, -0.1) is 0 Å². The van der Waals surface area contributed by atoms with E-state index < -0.39 is 6.03 Å². The third-order valence-corrected chi connectivity index (χ3v) is 1.41. The highest BCUT2D eigenvalue weighted by Crippen LogP contribution is 2.04. The molecule has 0 aromatic heterocycles. The number of primary amides is 1. The average molecular weight is 216 g/mol. The lowest BCUT2D eigenvalue weighted by Gasteiger charge is -2.02. The summed E-state index contributed by atoms with van der Waals surface area (Å²) < 4.78 is 12.8. The van der Waals surface area contributed by atoms with E-state index in [4.69, 9.17) is 5.73 Å². The van der Waals surface area contributed by atoms with E-state index in [1.54, 1.807) is 24.5 Å². The fourth-order valence-corrected chi connectivity index (χ4v) is 0.824. The monoisotopic (exact) mass is 216 g/mol. The van der Waals surface area contributed by atoms with Crippen LogP contribution < -0.4 is 11.1 Å². The molecule has 0 spiro atoms. The lowest BCUT2D eigenvalue weighted by Crippen LogP contribution is -2.28. The molecule has 0 aliphatic carbocycles. The molecule has 0 aliphatic rings. The summed E-state index contributed by atoms with van der Waals surface area (Å²) in [6.07, 6.45) is 1.69. The molecule has 0 radical (unpaired) electrons. The van der Waals surface area contributed by atoms with Gasteiger partial charge in [-0.25, -0.2) is 9.18 Å². The normalized spacial score (nSPS) is 8.50. The van der Waals surface area contributed by atoms with Crippen LogP contribution in [0.5, 0.6) is 0 Å². The minimum atomic E-state index is -0.654. The van der Waals surface area contributed by atoms with Crippen LogP contribution in [0, 0.1) is 5.82 Å². The number of hydrogen-bond donors (Lipinski definition) is 3. The maximum Gasteiger partial charge on any atom is 0.312 e. The Labute approximate surface area is 87.9 Å². The molecule has 1 aromatic rings. The van der Waals surface area contributed by atoms with Gasteiger partial charge < -0.3 is 11.1 Å². The molecule has 0 bridgehead atoms. The number of carbonyl (C=O) groups excluding carboxylic acids is 1. The van der Waals surface area contributed by atoms with E-state index in [1.807, 2.05) is 0 Å². The van der Waals surface area contributed by atoms with E-state index in [-0.39, 0.29) is 12.4 Å². The fourth-order valence-electron chi connectivity index (χ4n) is 0.824. The van der Waals surface area contributed by atoms with Gasteiger partial charge in [-0.3, -0.25) is 0 Å². The van der Waals surface area contributed by atoms with Gasteiger partial charge in [-0.1, -0.05) is 18.2 Å². The summed E-state index contributed by atoms with van der Waals surface area (Å²) >= 11 is 3.53. The third kappa shape index (κ3) is 4.71. The van der Waals surface area contributed by atoms with Crippen molar-refractivity contribution in [2.45, 2.75) is 6.54 Å². The van der Waals surface area contributed by atoms with E-state index >= 15 is 0 Å². The van der Waals surface area contributed by atoms with Crippen molar-refractivity contribution in [1.29, 1.82) is 0 Å². The van der Waals surface area contributed by atoms with Crippen LogP contribution in [0.3, 0.4) is 0 Å². The Bertz CT molecular complexity index is 294. The van der Waals surface area contributed by atoms with E-state index in [0.29, 0.717) is 5.56 Å². The summed E-state index contributed by atoms with van der Waals surface area (Å²) in [6, 6.07) is 5.55. The Kier molecular flexibility index (Phi) is 6.57. The third-order valence-electron chi connectivity index (χ3n) is 1.41. The second kappa shape index (κ2) is 7.20. The number of rotatable bonds is 2. The summed E-state index contributed by atoms with van der Waals surface area (Å²) in [6.45, 7) is 0.127. The molecule has 0 aliphatic heterocycles. The first-order valence-electron chi connectivity index (χ1n) is 3.91. The Hall–Kier alpha value is -1.23. The summed E-state index contributed by atoms with van der Waals surface area (Å²) in [7, 11) is 0. The Morgan fingerprint density at radius 3 is 2.57 bits per heavy atom. The molecule has 0 fully saturated rings. The largest absolute Gasteiger partial charge is 0.352 e. The fraction of sp³-hybridized carbons (Fsp3) is 0.222. The predicted octanol–water partition coefficient (Wildman–Crippen LogP) is 1.54. The number of halogens is 1. The maximum atomic E-state index is 12.8. The van der Waals surface area contributed by atoms with Crippen LogP contribution in [0.4, 0.5) is 9.18 Å². The first-order chi connectivity index (χ1) is 6.70. The molecule has 2 amide bonds. The first kappa shape index (κ1) is 12.8. The molecule has 3 N–H and O–H groups in total. The van der Waals surface area contributed by atoms with Gasteiger partial charge in [0.25, 0.3) is 0 Å². The van der Waals surface area contributed by atoms with Crippen LogP contribution in [0.2, 0.25) is 0 Å². The number of urea groups is 1. The molecule has 0 unspecified atom stereocenters. The zero-order valence-electron chi connectivity index (χ0n) is 7.83. The summed E-state index contributed by atoms with van der Waals surface area (Å²) in [5.74, 6) is -0.341. The number of amides is 2. The number of hydrogen-bond acceptors (Lipinski definition) is 2. The molecule has 0 saturated heterocycles. The van der Waals surface area contributed by atoms with Crippen molar-refractivity contribution in [3.8, 4) is 0 Å². The van der Waals surface area contributed by atoms with Crippen molar-refractivity contribution in [3.05, 3.63) is 35.6 Å². The number of nitrogens with one attached hydrogen (secondary N) is 1. The molecule has 1 rings (SSSR count).